The third-order valence-electron chi connectivity index (χ3n) is 2.62. The second kappa shape index (κ2) is 4.02. The lowest BCUT2D eigenvalue weighted by molar-refractivity contribution is -0.394. The molecule has 2 rings (SSSR count). The predicted octanol–water partition coefficient (Wildman–Crippen LogP) is 3.48. The zero-order chi connectivity index (χ0) is 12.8. The van der Waals surface area contributed by atoms with Crippen molar-refractivity contribution in [2.45, 2.75) is 15.6 Å². The number of nitrogens with zero attached hydrogens (tertiary/aromatic N) is 2. The number of alkyl halides is 2. The summed E-state index contributed by atoms with van der Waals surface area (Å²) >= 11 is 6.76. The third kappa shape index (κ3) is 2.32. The van der Waals surface area contributed by atoms with Crippen LogP contribution in [0, 0.1) is 20.2 Å². The molecule has 1 saturated carbocycles. The molecule has 1 aliphatic rings. The lowest BCUT2D eigenvalue weighted by atomic mass is 10.1. The van der Waals surface area contributed by atoms with Crippen molar-refractivity contribution in [2.24, 2.45) is 0 Å². The van der Waals surface area contributed by atoms with Gasteiger partial charge in [0.1, 0.15) is 0 Å². The van der Waals surface area contributed by atoms with Gasteiger partial charge in [-0.1, -0.05) is 31.9 Å². The van der Waals surface area contributed by atoms with Crippen LogP contribution in [0.3, 0.4) is 0 Å². The summed E-state index contributed by atoms with van der Waals surface area (Å²) in [5.41, 5.74) is 0.0372. The van der Waals surface area contributed by atoms with Crippen molar-refractivity contribution in [3.63, 3.8) is 0 Å². The van der Waals surface area contributed by atoms with Crippen LogP contribution in [0.2, 0.25) is 0 Å². The van der Waals surface area contributed by atoms with Gasteiger partial charge < -0.3 is 0 Å². The molecule has 0 amide bonds. The molecule has 1 unspecified atom stereocenters. The first-order valence-electron chi connectivity index (χ1n) is 4.63. The summed E-state index contributed by atoms with van der Waals surface area (Å²) < 4.78 is -0.319. The van der Waals surface area contributed by atoms with Crippen molar-refractivity contribution in [1.82, 2.24) is 0 Å². The van der Waals surface area contributed by atoms with Gasteiger partial charge in [-0.2, -0.15) is 0 Å². The van der Waals surface area contributed by atoms with Crippen molar-refractivity contribution in [3.05, 3.63) is 44.0 Å². The first kappa shape index (κ1) is 12.4. The molecule has 0 saturated heterocycles. The maximum Gasteiger partial charge on any atom is 0.279 e. The maximum absolute atomic E-state index is 10.9. The predicted molar refractivity (Wildman–Crippen MR) is 67.7 cm³/mol. The van der Waals surface area contributed by atoms with E-state index in [2.05, 4.69) is 31.9 Å². The Morgan fingerprint density at radius 3 is 2.24 bits per heavy atom. The summed E-state index contributed by atoms with van der Waals surface area (Å²) in [5, 5.41) is 21.5. The number of non-ortho nitro benzene ring substituents is 1. The fraction of sp³-hybridized carbons (Fsp3) is 0.333. The summed E-state index contributed by atoms with van der Waals surface area (Å²) in [7, 11) is 0. The van der Waals surface area contributed by atoms with Gasteiger partial charge in [0.2, 0.25) is 0 Å². The van der Waals surface area contributed by atoms with E-state index in [1.54, 1.807) is 0 Å². The molecular formula is C9H6Br2N2O4. The van der Waals surface area contributed by atoms with E-state index in [-0.39, 0.29) is 20.5 Å². The molecule has 17 heavy (non-hydrogen) atoms. The molecule has 1 aliphatic carbocycles. The van der Waals surface area contributed by atoms with Crippen LogP contribution < -0.4 is 0 Å². The van der Waals surface area contributed by atoms with E-state index in [0.717, 1.165) is 6.07 Å². The van der Waals surface area contributed by atoms with E-state index in [9.17, 15) is 20.2 Å². The normalized spacial score (nSPS) is 20.9. The summed E-state index contributed by atoms with van der Waals surface area (Å²) in [4.78, 5) is 20.2. The van der Waals surface area contributed by atoms with Crippen LogP contribution in [-0.2, 0) is 0 Å². The van der Waals surface area contributed by atoms with E-state index in [1.807, 2.05) is 0 Å². The van der Waals surface area contributed by atoms with Gasteiger partial charge in [-0.05, 0) is 12.5 Å². The first-order valence-corrected chi connectivity index (χ1v) is 6.22. The molecule has 0 radical (unpaired) electrons. The molecule has 0 aromatic heterocycles. The Morgan fingerprint density at radius 1 is 1.24 bits per heavy atom. The number of nitro benzene ring substituents is 2. The minimum atomic E-state index is -0.640. The number of halogens is 2. The van der Waals surface area contributed by atoms with Gasteiger partial charge in [0.15, 0.2) is 0 Å². The molecule has 0 aliphatic heterocycles. The second-order valence-corrected chi connectivity index (χ2v) is 7.67. The van der Waals surface area contributed by atoms with Crippen molar-refractivity contribution in [3.8, 4) is 0 Å². The summed E-state index contributed by atoms with van der Waals surface area (Å²) in [6.07, 6.45) is 0.714. The molecule has 1 aromatic rings. The number of nitro groups is 2. The smallest absolute Gasteiger partial charge is 0.258 e. The summed E-state index contributed by atoms with van der Waals surface area (Å²) in [6, 6.07) is 3.74. The lowest BCUT2D eigenvalue weighted by Gasteiger charge is -2.02. The second-order valence-electron chi connectivity index (χ2n) is 3.78. The van der Waals surface area contributed by atoms with E-state index in [1.165, 1.54) is 12.1 Å². The van der Waals surface area contributed by atoms with E-state index >= 15 is 0 Å². The minimum Gasteiger partial charge on any atom is -0.258 e. The van der Waals surface area contributed by atoms with Gasteiger partial charge in [-0.3, -0.25) is 20.2 Å². The van der Waals surface area contributed by atoms with Gasteiger partial charge in [0.25, 0.3) is 11.4 Å². The maximum atomic E-state index is 10.9. The molecule has 0 heterocycles. The Bertz CT molecular complexity index is 518. The zero-order valence-electron chi connectivity index (χ0n) is 8.30. The molecular weight excluding hydrogens is 360 g/mol. The van der Waals surface area contributed by atoms with Gasteiger partial charge in [-0.25, -0.2) is 0 Å². The topological polar surface area (TPSA) is 86.3 Å². The quantitative estimate of drug-likeness (QED) is 0.466. The number of benzene rings is 1. The van der Waals surface area contributed by atoms with Crippen molar-refractivity contribution in [1.29, 1.82) is 0 Å². The minimum absolute atomic E-state index is 0.0382. The Morgan fingerprint density at radius 2 is 1.82 bits per heavy atom. The molecule has 1 fully saturated rings. The number of rotatable bonds is 3. The highest BCUT2D eigenvalue weighted by atomic mass is 79.9. The summed E-state index contributed by atoms with van der Waals surface area (Å²) in [5.74, 6) is -0.0382. The fourth-order valence-corrected chi connectivity index (χ4v) is 2.79. The standard InChI is InChI=1S/C9H6Br2N2O4/c10-9(11)4-7(9)6-2-1-5(12(14)15)3-8(6)13(16)17/h1-3,7H,4H2. The molecule has 1 aromatic carbocycles. The molecule has 0 spiro atoms. The average Bonchev–Trinajstić information content (AvgIpc) is 2.86. The first-order chi connectivity index (χ1) is 7.83. The lowest BCUT2D eigenvalue weighted by Crippen LogP contribution is -1.98. The summed E-state index contributed by atoms with van der Waals surface area (Å²) in [6.45, 7) is 0. The van der Waals surface area contributed by atoms with Crippen LogP contribution in [0.4, 0.5) is 11.4 Å². The Kier molecular flexibility index (Phi) is 2.94. The SMILES string of the molecule is O=[N+]([O-])c1ccc(C2CC2(Br)Br)c([N+](=O)[O-])c1. The molecule has 1 atom stereocenters. The highest BCUT2D eigenvalue weighted by Crippen LogP contribution is 2.63. The highest BCUT2D eigenvalue weighted by Gasteiger charge is 2.53. The highest BCUT2D eigenvalue weighted by molar-refractivity contribution is 9.25. The zero-order valence-corrected chi connectivity index (χ0v) is 11.5. The van der Waals surface area contributed by atoms with Crippen LogP contribution >= 0.6 is 31.9 Å². The molecule has 90 valence electrons. The number of hydrogen-bond acceptors (Lipinski definition) is 4. The van der Waals surface area contributed by atoms with Gasteiger partial charge in [0.05, 0.1) is 19.1 Å². The molecule has 0 N–H and O–H groups in total. The molecule has 6 nitrogen and oxygen atoms in total. The van der Waals surface area contributed by atoms with Crippen LogP contribution in [0.15, 0.2) is 18.2 Å². The molecule has 8 heteroatoms. The van der Waals surface area contributed by atoms with Crippen LogP contribution in [0.1, 0.15) is 17.9 Å². The number of hydrogen-bond donors (Lipinski definition) is 0. The largest absolute Gasteiger partial charge is 0.279 e. The monoisotopic (exact) mass is 364 g/mol. The van der Waals surface area contributed by atoms with Gasteiger partial charge in [-0.15, -0.1) is 0 Å². The van der Waals surface area contributed by atoms with Gasteiger partial charge in [0, 0.05) is 17.5 Å². The Labute approximate surface area is 113 Å². The van der Waals surface area contributed by atoms with E-state index in [4.69, 9.17) is 0 Å². The van der Waals surface area contributed by atoms with Crippen molar-refractivity contribution in [2.75, 3.05) is 0 Å². The van der Waals surface area contributed by atoms with Crippen LogP contribution in [-0.4, -0.2) is 13.1 Å². The van der Waals surface area contributed by atoms with Crippen LogP contribution in [0.5, 0.6) is 0 Å². The van der Waals surface area contributed by atoms with E-state index in [0.29, 0.717) is 12.0 Å². The Hall–Kier alpha value is -1.02. The Balaban J connectivity index is 2.46. The fourth-order valence-electron chi connectivity index (χ4n) is 1.65. The van der Waals surface area contributed by atoms with Crippen LogP contribution in [0.25, 0.3) is 0 Å². The average molecular weight is 366 g/mol. The molecule has 0 bridgehead atoms. The van der Waals surface area contributed by atoms with Crippen molar-refractivity contribution >= 4 is 43.2 Å². The van der Waals surface area contributed by atoms with Gasteiger partial charge >= 0.3 is 0 Å². The third-order valence-corrected chi connectivity index (χ3v) is 4.38. The van der Waals surface area contributed by atoms with E-state index < -0.39 is 9.85 Å². The van der Waals surface area contributed by atoms with Crippen molar-refractivity contribution < 1.29 is 9.85 Å².